The molecule has 0 radical (unpaired) electrons. The van der Waals surface area contributed by atoms with Gasteiger partial charge in [-0.15, -0.1) is 0 Å². The Kier molecular flexibility index (Phi) is 7.76. The Morgan fingerprint density at radius 3 is 1.87 bits per heavy atom. The van der Waals surface area contributed by atoms with E-state index in [1.165, 1.54) is 41.6 Å². The van der Waals surface area contributed by atoms with Crippen LogP contribution in [0.3, 0.4) is 0 Å². The minimum absolute atomic E-state index is 0.229. The first-order chi connectivity index (χ1) is 18.6. The van der Waals surface area contributed by atoms with Crippen molar-refractivity contribution in [1.82, 2.24) is 9.97 Å². The molecule has 2 nitrogen and oxygen atoms in total. The largest absolute Gasteiger partial charge is 0.256 e. The first-order valence-electron chi connectivity index (χ1n) is 14.6. The van der Waals surface area contributed by atoms with Crippen LogP contribution in [0.5, 0.6) is 0 Å². The van der Waals surface area contributed by atoms with Gasteiger partial charge in [0.2, 0.25) is 0 Å². The van der Waals surface area contributed by atoms with Gasteiger partial charge < -0.3 is 0 Å². The molecule has 4 aromatic rings. The summed E-state index contributed by atoms with van der Waals surface area (Å²) in [4.78, 5) is 10.0. The van der Waals surface area contributed by atoms with Crippen LogP contribution in [-0.4, -0.2) is 9.97 Å². The van der Waals surface area contributed by atoms with E-state index in [2.05, 4.69) is 131 Å². The molecule has 39 heavy (non-hydrogen) atoms. The number of pyridine rings is 2. The summed E-state index contributed by atoms with van der Waals surface area (Å²) in [6.45, 7) is 14.6. The molecule has 1 fully saturated rings. The van der Waals surface area contributed by atoms with Gasteiger partial charge in [-0.05, 0) is 83.7 Å². The van der Waals surface area contributed by atoms with E-state index in [-0.39, 0.29) is 16.7 Å². The fraction of sp³-hybridized carbons (Fsp3) is 0.405. The molecule has 5 rings (SSSR count). The summed E-state index contributed by atoms with van der Waals surface area (Å²) in [5.41, 5.74) is 7.51. The molecule has 0 amide bonds. The summed E-state index contributed by atoms with van der Waals surface area (Å²) < 4.78 is 0. The van der Waals surface area contributed by atoms with E-state index in [4.69, 9.17) is 4.98 Å². The number of nitrogens with zero attached hydrogens (tertiary/aromatic N) is 2. The van der Waals surface area contributed by atoms with Crippen molar-refractivity contribution in [1.29, 1.82) is 0 Å². The van der Waals surface area contributed by atoms with E-state index in [0.717, 1.165) is 11.4 Å². The third-order valence-corrected chi connectivity index (χ3v) is 9.03. The summed E-state index contributed by atoms with van der Waals surface area (Å²) in [6.07, 6.45) is 5.65. The lowest BCUT2D eigenvalue weighted by Gasteiger charge is -2.48. The molecule has 3 atom stereocenters. The van der Waals surface area contributed by atoms with E-state index in [9.17, 15) is 0 Å². The van der Waals surface area contributed by atoms with E-state index in [1.807, 2.05) is 12.3 Å². The zero-order chi connectivity index (χ0) is 27.6. The highest BCUT2D eigenvalue weighted by atomic mass is 14.7. The Balaban J connectivity index is 1.63. The third-order valence-electron chi connectivity index (χ3n) is 9.03. The number of rotatable bonds is 5. The predicted octanol–water partition coefficient (Wildman–Crippen LogP) is 10.1. The average molecular weight is 517 g/mol. The molecule has 202 valence electrons. The van der Waals surface area contributed by atoms with Gasteiger partial charge >= 0.3 is 0 Å². The third kappa shape index (κ3) is 6.32. The molecule has 1 saturated carbocycles. The molecule has 2 aromatic heterocycles. The van der Waals surface area contributed by atoms with Crippen LogP contribution in [0, 0.1) is 28.6 Å². The lowest BCUT2D eigenvalue weighted by Crippen LogP contribution is -2.38. The highest BCUT2D eigenvalue weighted by molar-refractivity contribution is 5.61. The summed E-state index contributed by atoms with van der Waals surface area (Å²) >= 11 is 0. The highest BCUT2D eigenvalue weighted by Gasteiger charge is 2.42. The Labute approximate surface area is 236 Å². The SMILES string of the molecule is CC(C)(C)C1CC(C(c2cccc(-c3ccccn3)c2)c2cccc(-c3ccccc3)n2)CC(C(C)(C)C)C1. The van der Waals surface area contributed by atoms with Crippen LogP contribution in [0.15, 0.2) is 97.2 Å². The maximum atomic E-state index is 5.36. The van der Waals surface area contributed by atoms with E-state index < -0.39 is 0 Å². The summed E-state index contributed by atoms with van der Waals surface area (Å²) in [6, 6.07) is 32.4. The lowest BCUT2D eigenvalue weighted by molar-refractivity contribution is 0.0441. The van der Waals surface area contributed by atoms with Gasteiger partial charge in [0, 0.05) is 28.9 Å². The van der Waals surface area contributed by atoms with Crippen molar-refractivity contribution in [2.24, 2.45) is 28.6 Å². The normalized spacial score (nSPS) is 20.9. The number of hydrogen-bond acceptors (Lipinski definition) is 2. The molecule has 0 aliphatic heterocycles. The Hall–Kier alpha value is -3.26. The second-order valence-electron chi connectivity index (χ2n) is 13.7. The van der Waals surface area contributed by atoms with Gasteiger partial charge in [0.05, 0.1) is 11.4 Å². The van der Waals surface area contributed by atoms with Gasteiger partial charge in [0.15, 0.2) is 0 Å². The lowest BCUT2D eigenvalue weighted by atomic mass is 9.57. The fourth-order valence-electron chi connectivity index (χ4n) is 6.55. The van der Waals surface area contributed by atoms with Crippen LogP contribution in [-0.2, 0) is 0 Å². The van der Waals surface area contributed by atoms with Crippen molar-refractivity contribution >= 4 is 0 Å². The highest BCUT2D eigenvalue weighted by Crippen LogP contribution is 2.52. The minimum Gasteiger partial charge on any atom is -0.256 e. The van der Waals surface area contributed by atoms with Crippen molar-refractivity contribution in [3.05, 3.63) is 108 Å². The standard InChI is InChI=1S/C37H44N2/c1-36(2,3)30-23-29(24-31(25-30)37(4,5)6)35(28-17-12-16-27(22-28)32-18-10-11-21-38-32)34-20-13-19-33(39-34)26-14-8-7-9-15-26/h7-22,29-31,35H,23-25H2,1-6H3. The Morgan fingerprint density at radius 1 is 0.615 bits per heavy atom. The van der Waals surface area contributed by atoms with Gasteiger partial charge in [-0.25, -0.2) is 0 Å². The summed E-state index contributed by atoms with van der Waals surface area (Å²) in [5.74, 6) is 2.11. The molecule has 1 aliphatic rings. The topological polar surface area (TPSA) is 25.8 Å². The molecule has 3 unspecified atom stereocenters. The molecule has 2 heterocycles. The second-order valence-corrected chi connectivity index (χ2v) is 13.7. The quantitative estimate of drug-likeness (QED) is 0.264. The van der Waals surface area contributed by atoms with Crippen LogP contribution >= 0.6 is 0 Å². The first-order valence-corrected chi connectivity index (χ1v) is 14.6. The average Bonchev–Trinajstić information content (AvgIpc) is 2.93. The van der Waals surface area contributed by atoms with E-state index in [0.29, 0.717) is 17.8 Å². The summed E-state index contributed by atoms with van der Waals surface area (Å²) in [7, 11) is 0. The van der Waals surface area contributed by atoms with Gasteiger partial charge in [-0.3, -0.25) is 9.97 Å². The van der Waals surface area contributed by atoms with Crippen molar-refractivity contribution < 1.29 is 0 Å². The number of benzene rings is 2. The zero-order valence-electron chi connectivity index (χ0n) is 24.6. The first kappa shape index (κ1) is 27.3. The van der Waals surface area contributed by atoms with Crippen LogP contribution < -0.4 is 0 Å². The van der Waals surface area contributed by atoms with Crippen molar-refractivity contribution in [2.75, 3.05) is 0 Å². The number of aromatic nitrogens is 2. The van der Waals surface area contributed by atoms with Crippen molar-refractivity contribution in [3.63, 3.8) is 0 Å². The van der Waals surface area contributed by atoms with E-state index >= 15 is 0 Å². The maximum absolute atomic E-state index is 5.36. The van der Waals surface area contributed by atoms with Crippen LogP contribution in [0.4, 0.5) is 0 Å². The fourth-order valence-corrected chi connectivity index (χ4v) is 6.55. The second kappa shape index (κ2) is 11.1. The Morgan fingerprint density at radius 2 is 1.23 bits per heavy atom. The van der Waals surface area contributed by atoms with E-state index in [1.54, 1.807) is 0 Å². The molecule has 1 aliphatic carbocycles. The summed E-state index contributed by atoms with van der Waals surface area (Å²) in [5, 5.41) is 0. The number of hydrogen-bond donors (Lipinski definition) is 0. The van der Waals surface area contributed by atoms with Gasteiger partial charge in [0.25, 0.3) is 0 Å². The molecule has 0 saturated heterocycles. The Bertz CT molecular complexity index is 1260. The molecule has 0 bridgehead atoms. The molecular formula is C37H44N2. The maximum Gasteiger partial charge on any atom is 0.0705 e. The van der Waals surface area contributed by atoms with Crippen molar-refractivity contribution in [2.45, 2.75) is 66.7 Å². The van der Waals surface area contributed by atoms with Gasteiger partial charge in [-0.2, -0.15) is 0 Å². The molecule has 2 heteroatoms. The van der Waals surface area contributed by atoms with Crippen LogP contribution in [0.1, 0.15) is 78.0 Å². The van der Waals surface area contributed by atoms with Crippen LogP contribution in [0.2, 0.25) is 0 Å². The zero-order valence-corrected chi connectivity index (χ0v) is 24.6. The van der Waals surface area contributed by atoms with Crippen LogP contribution in [0.25, 0.3) is 22.5 Å². The molecule has 0 spiro atoms. The van der Waals surface area contributed by atoms with Gasteiger partial charge in [-0.1, -0.05) is 102 Å². The smallest absolute Gasteiger partial charge is 0.0705 e. The van der Waals surface area contributed by atoms with Crippen molar-refractivity contribution in [3.8, 4) is 22.5 Å². The molecular weight excluding hydrogens is 472 g/mol. The minimum atomic E-state index is 0.229. The monoisotopic (exact) mass is 516 g/mol. The predicted molar refractivity (Wildman–Crippen MR) is 164 cm³/mol. The molecule has 2 aromatic carbocycles. The molecule has 0 N–H and O–H groups in total. The van der Waals surface area contributed by atoms with Gasteiger partial charge in [0.1, 0.15) is 0 Å².